The SMILES string of the molecule is CCCCOC(=O)N1CCC(C#N)(c2ncccc2OCOC)CC1. The zero-order valence-electron chi connectivity index (χ0n) is 14.9. The lowest BCUT2D eigenvalue weighted by Crippen LogP contribution is -2.45. The van der Waals surface area contributed by atoms with Crippen molar-refractivity contribution < 1.29 is 19.0 Å². The number of ether oxygens (including phenoxy) is 3. The van der Waals surface area contributed by atoms with E-state index in [1.165, 1.54) is 0 Å². The number of methoxy groups -OCH3 is 1. The van der Waals surface area contributed by atoms with E-state index in [0.29, 0.717) is 44.0 Å². The molecule has 0 bridgehead atoms. The number of hydrogen-bond donors (Lipinski definition) is 0. The fourth-order valence-corrected chi connectivity index (χ4v) is 2.86. The van der Waals surface area contributed by atoms with E-state index in [-0.39, 0.29) is 12.9 Å². The lowest BCUT2D eigenvalue weighted by molar-refractivity contribution is 0.0484. The van der Waals surface area contributed by atoms with Gasteiger partial charge in [0.1, 0.15) is 16.9 Å². The minimum atomic E-state index is -0.773. The third-order valence-corrected chi connectivity index (χ3v) is 4.37. The Morgan fingerprint density at radius 2 is 2.20 bits per heavy atom. The molecule has 1 aromatic heterocycles. The highest BCUT2D eigenvalue weighted by atomic mass is 16.7. The molecule has 2 heterocycles. The molecular weight excluding hydrogens is 322 g/mol. The summed E-state index contributed by atoms with van der Waals surface area (Å²) in [7, 11) is 1.54. The van der Waals surface area contributed by atoms with Crippen LogP contribution in [0.1, 0.15) is 38.3 Å². The standard InChI is InChI=1S/C18H25N3O4/c1-3-4-12-24-17(22)21-10-7-18(13-19,8-11-21)16-15(25-14-23-2)6-5-9-20-16/h5-6,9H,3-4,7-8,10-12,14H2,1-2H3. The highest BCUT2D eigenvalue weighted by Crippen LogP contribution is 2.38. The molecule has 1 aliphatic rings. The molecule has 0 saturated carbocycles. The van der Waals surface area contributed by atoms with Crippen molar-refractivity contribution in [2.24, 2.45) is 0 Å². The van der Waals surface area contributed by atoms with Crippen molar-refractivity contribution >= 4 is 6.09 Å². The summed E-state index contributed by atoms with van der Waals surface area (Å²) >= 11 is 0. The van der Waals surface area contributed by atoms with Gasteiger partial charge in [-0.2, -0.15) is 5.26 Å². The maximum Gasteiger partial charge on any atom is 0.409 e. The van der Waals surface area contributed by atoms with Gasteiger partial charge in [0.05, 0.1) is 12.7 Å². The molecule has 0 aliphatic carbocycles. The van der Waals surface area contributed by atoms with Crippen molar-refractivity contribution in [1.82, 2.24) is 9.88 Å². The highest BCUT2D eigenvalue weighted by Gasteiger charge is 2.41. The minimum absolute atomic E-state index is 0.0933. The molecule has 136 valence electrons. The molecule has 7 heteroatoms. The molecule has 2 rings (SSSR count). The number of pyridine rings is 1. The van der Waals surface area contributed by atoms with Gasteiger partial charge in [0.15, 0.2) is 6.79 Å². The molecule has 0 radical (unpaired) electrons. The highest BCUT2D eigenvalue weighted by molar-refractivity contribution is 5.67. The summed E-state index contributed by atoms with van der Waals surface area (Å²) in [4.78, 5) is 18.1. The number of nitrogens with zero attached hydrogens (tertiary/aromatic N) is 3. The number of carbonyl (C=O) groups excluding carboxylic acids is 1. The van der Waals surface area contributed by atoms with Gasteiger partial charge in [-0.05, 0) is 31.4 Å². The van der Waals surface area contributed by atoms with Crippen molar-refractivity contribution in [3.63, 3.8) is 0 Å². The van der Waals surface area contributed by atoms with Crippen molar-refractivity contribution in [3.8, 4) is 11.8 Å². The van der Waals surface area contributed by atoms with Crippen molar-refractivity contribution in [2.45, 2.75) is 38.0 Å². The summed E-state index contributed by atoms with van der Waals surface area (Å²) in [6.45, 7) is 3.49. The Hall–Kier alpha value is -2.33. The largest absolute Gasteiger partial charge is 0.466 e. The zero-order chi connectivity index (χ0) is 18.1. The number of carbonyl (C=O) groups is 1. The maximum absolute atomic E-state index is 12.1. The summed E-state index contributed by atoms with van der Waals surface area (Å²) in [6.07, 6.45) is 4.17. The van der Waals surface area contributed by atoms with Crippen molar-refractivity contribution in [1.29, 1.82) is 5.26 Å². The maximum atomic E-state index is 12.1. The first-order chi connectivity index (χ1) is 12.2. The first-order valence-electron chi connectivity index (χ1n) is 8.57. The van der Waals surface area contributed by atoms with Crippen molar-refractivity contribution in [3.05, 3.63) is 24.0 Å². The lowest BCUT2D eigenvalue weighted by atomic mass is 9.76. The molecule has 0 N–H and O–H groups in total. The van der Waals surface area contributed by atoms with Gasteiger partial charge in [0.25, 0.3) is 0 Å². The Kier molecular flexibility index (Phi) is 7.02. The second-order valence-electron chi connectivity index (χ2n) is 6.05. The molecule has 0 aromatic carbocycles. The van der Waals surface area contributed by atoms with Gasteiger partial charge in [-0.3, -0.25) is 4.98 Å². The van der Waals surface area contributed by atoms with Gasteiger partial charge in [-0.1, -0.05) is 13.3 Å². The molecule has 0 unspecified atom stereocenters. The Labute approximate surface area is 148 Å². The zero-order valence-corrected chi connectivity index (χ0v) is 14.9. The topological polar surface area (TPSA) is 84.7 Å². The molecule has 0 spiro atoms. The van der Waals surface area contributed by atoms with E-state index in [9.17, 15) is 10.1 Å². The Morgan fingerprint density at radius 1 is 1.44 bits per heavy atom. The number of unbranched alkanes of at least 4 members (excludes halogenated alkanes) is 1. The average Bonchev–Trinajstić information content (AvgIpc) is 2.66. The Balaban J connectivity index is 2.07. The lowest BCUT2D eigenvalue weighted by Gasteiger charge is -2.36. The van der Waals surface area contributed by atoms with Crippen LogP contribution in [0.5, 0.6) is 5.75 Å². The Morgan fingerprint density at radius 3 is 2.84 bits per heavy atom. The van der Waals surface area contributed by atoms with Gasteiger partial charge in [-0.15, -0.1) is 0 Å². The molecular formula is C18H25N3O4. The van der Waals surface area contributed by atoms with Gasteiger partial charge < -0.3 is 19.1 Å². The Bertz CT molecular complexity index is 607. The van der Waals surface area contributed by atoms with Gasteiger partial charge in [0.2, 0.25) is 0 Å². The van der Waals surface area contributed by atoms with Crippen LogP contribution in [0.3, 0.4) is 0 Å². The predicted molar refractivity (Wildman–Crippen MR) is 91.1 cm³/mol. The minimum Gasteiger partial charge on any atom is -0.466 e. The molecule has 1 aliphatic heterocycles. The van der Waals surface area contributed by atoms with Crippen LogP contribution < -0.4 is 4.74 Å². The number of amides is 1. The van der Waals surface area contributed by atoms with Gasteiger partial charge >= 0.3 is 6.09 Å². The fraction of sp³-hybridized carbons (Fsp3) is 0.611. The van der Waals surface area contributed by atoms with E-state index >= 15 is 0 Å². The van der Waals surface area contributed by atoms with Gasteiger partial charge in [0, 0.05) is 26.4 Å². The number of aromatic nitrogens is 1. The van der Waals surface area contributed by atoms with E-state index in [2.05, 4.69) is 11.1 Å². The normalized spacial score (nSPS) is 16.1. The smallest absolute Gasteiger partial charge is 0.409 e. The van der Waals surface area contributed by atoms with Crippen LogP contribution in [-0.2, 0) is 14.9 Å². The van der Waals surface area contributed by atoms with Crippen molar-refractivity contribution in [2.75, 3.05) is 33.6 Å². The van der Waals surface area contributed by atoms with Crippen LogP contribution >= 0.6 is 0 Å². The van der Waals surface area contributed by atoms with Crippen LogP contribution in [0.25, 0.3) is 0 Å². The molecule has 1 fully saturated rings. The van der Waals surface area contributed by atoms with Gasteiger partial charge in [-0.25, -0.2) is 4.79 Å². The van der Waals surface area contributed by atoms with Crippen LogP contribution in [-0.4, -0.2) is 49.6 Å². The molecule has 1 saturated heterocycles. The number of likely N-dealkylation sites (tertiary alicyclic amines) is 1. The molecule has 1 aromatic rings. The van der Waals surface area contributed by atoms with E-state index in [1.807, 2.05) is 6.92 Å². The summed E-state index contributed by atoms with van der Waals surface area (Å²) < 4.78 is 15.8. The number of piperidine rings is 1. The molecule has 25 heavy (non-hydrogen) atoms. The second-order valence-corrected chi connectivity index (χ2v) is 6.05. The summed E-state index contributed by atoms with van der Waals surface area (Å²) in [5, 5.41) is 9.83. The molecule has 7 nitrogen and oxygen atoms in total. The van der Waals surface area contributed by atoms with E-state index in [4.69, 9.17) is 14.2 Å². The number of rotatable bonds is 7. The first-order valence-corrected chi connectivity index (χ1v) is 8.57. The van der Waals surface area contributed by atoms with E-state index in [1.54, 1.807) is 30.3 Å². The summed E-state index contributed by atoms with van der Waals surface area (Å²) in [6, 6.07) is 5.95. The fourth-order valence-electron chi connectivity index (χ4n) is 2.86. The number of nitriles is 1. The predicted octanol–water partition coefficient (Wildman–Crippen LogP) is 2.86. The monoisotopic (exact) mass is 347 g/mol. The second kappa shape index (κ2) is 9.23. The summed E-state index contributed by atoms with van der Waals surface area (Å²) in [5.74, 6) is 0.546. The van der Waals surface area contributed by atoms with Crippen LogP contribution in [0.15, 0.2) is 18.3 Å². The quantitative estimate of drug-likeness (QED) is 0.557. The van der Waals surface area contributed by atoms with Crippen LogP contribution in [0.4, 0.5) is 4.79 Å². The van der Waals surface area contributed by atoms with E-state index < -0.39 is 5.41 Å². The molecule has 1 amide bonds. The third kappa shape index (κ3) is 4.60. The summed E-state index contributed by atoms with van der Waals surface area (Å²) in [5.41, 5.74) is -0.168. The molecule has 0 atom stereocenters. The third-order valence-electron chi connectivity index (χ3n) is 4.37. The van der Waals surface area contributed by atoms with Crippen LogP contribution in [0.2, 0.25) is 0 Å². The van der Waals surface area contributed by atoms with Crippen LogP contribution in [0, 0.1) is 11.3 Å². The average molecular weight is 347 g/mol. The first kappa shape index (κ1) is 19.0. The number of hydrogen-bond acceptors (Lipinski definition) is 6. The van der Waals surface area contributed by atoms with E-state index in [0.717, 1.165) is 12.8 Å².